The molecule has 0 N–H and O–H groups in total. The minimum atomic E-state index is -1.76. The Balaban J connectivity index is 0.000000396. The van der Waals surface area contributed by atoms with Crippen LogP contribution >= 0.6 is 0 Å². The summed E-state index contributed by atoms with van der Waals surface area (Å²) in [6.07, 6.45) is 8.65. The van der Waals surface area contributed by atoms with Crippen LogP contribution in [0.4, 0.5) is 0 Å². The largest absolute Gasteiger partial charge is 0.395 e. The van der Waals surface area contributed by atoms with Gasteiger partial charge in [-0.15, -0.1) is 11.1 Å². The van der Waals surface area contributed by atoms with E-state index < -0.39 is 25.0 Å². The number of hydrogen-bond donors (Lipinski definition) is 0. The van der Waals surface area contributed by atoms with E-state index >= 15 is 0 Å². The van der Waals surface area contributed by atoms with Crippen molar-refractivity contribution in [1.82, 2.24) is 4.57 Å². The number of benzene rings is 2. The van der Waals surface area contributed by atoms with Crippen LogP contribution in [-0.4, -0.2) is 42.6 Å². The van der Waals surface area contributed by atoms with E-state index in [0.29, 0.717) is 12.0 Å². The number of fused-ring (bicyclic) bond motifs is 1. The van der Waals surface area contributed by atoms with Gasteiger partial charge >= 0.3 is 8.84 Å². The van der Waals surface area contributed by atoms with Gasteiger partial charge in [-0.1, -0.05) is 119 Å². The molecule has 0 heterocycles. The quantitative estimate of drug-likeness (QED) is 0.255. The van der Waals surface area contributed by atoms with Crippen LogP contribution in [0.15, 0.2) is 54.1 Å². The maximum Gasteiger partial charge on any atom is 0.395 e. The van der Waals surface area contributed by atoms with Crippen LogP contribution in [0.2, 0.25) is 45.3 Å². The van der Waals surface area contributed by atoms with Gasteiger partial charge in [0, 0.05) is 46.8 Å². The monoisotopic (exact) mass is 593 g/mol. The zero-order valence-corrected chi connectivity index (χ0v) is 29.5. The van der Waals surface area contributed by atoms with E-state index in [4.69, 9.17) is 0 Å². The van der Waals surface area contributed by atoms with Gasteiger partial charge in [0.15, 0.2) is 0 Å². The van der Waals surface area contributed by atoms with Crippen molar-refractivity contribution in [3.63, 3.8) is 0 Å². The molecule has 1 fully saturated rings. The Kier molecular flexibility index (Phi) is 12.4. The fraction of sp³-hybridized carbons (Fsp3) is 0.500. The molecule has 2 nitrogen and oxygen atoms in total. The molecule has 2 aliphatic rings. The van der Waals surface area contributed by atoms with Crippen molar-refractivity contribution in [3.05, 3.63) is 65.2 Å². The molecule has 0 amide bonds. The molecule has 0 spiro atoms. The van der Waals surface area contributed by atoms with Crippen LogP contribution in [0.3, 0.4) is 0 Å². The second-order valence-corrected chi connectivity index (χ2v) is 24.3. The fourth-order valence-electron chi connectivity index (χ4n) is 5.13. The molecule has 0 aliphatic heterocycles. The first-order valence-electron chi connectivity index (χ1n) is 14.0. The van der Waals surface area contributed by atoms with Crippen molar-refractivity contribution < 1.29 is 26.2 Å². The van der Waals surface area contributed by atoms with Crippen molar-refractivity contribution in [1.29, 1.82) is 0 Å². The summed E-state index contributed by atoms with van der Waals surface area (Å²) in [6.45, 7) is 16.0. The standard InChI is InChI=1S/C24H29NOSi.C8H18Si2.Ti/c1-18-16-23-21(19-10-5-3-6-11-19)14-9-15-22(23)24(18)17-27(26)25(2)20-12-7-4-8-13-20;1-9(2,3)7-8-10(4,5)6;/h3,5-6,9-11,14-16,20,24H,4,7-8,12-13,17H2,1-2H3;1-6H3;. The third-order valence-corrected chi connectivity index (χ3v) is 11.1. The number of hydrogen-bond acceptors (Lipinski definition) is 1. The zero-order valence-electron chi connectivity index (χ0n) is 24.9. The van der Waals surface area contributed by atoms with E-state index in [9.17, 15) is 4.46 Å². The van der Waals surface area contributed by atoms with Crippen LogP contribution in [0.1, 0.15) is 56.1 Å². The van der Waals surface area contributed by atoms with E-state index in [-0.39, 0.29) is 21.7 Å². The third kappa shape index (κ3) is 9.71. The molecule has 202 valence electrons. The van der Waals surface area contributed by atoms with Crippen LogP contribution in [0.5, 0.6) is 0 Å². The summed E-state index contributed by atoms with van der Waals surface area (Å²) in [5, 5.41) is 0. The number of allylic oxidation sites excluding steroid dienone is 1. The molecule has 1 atom stereocenters. The van der Waals surface area contributed by atoms with E-state index in [1.807, 2.05) is 0 Å². The second kappa shape index (κ2) is 14.4. The molecular formula is C32H47NOSi3Ti. The maximum atomic E-state index is 13.2. The smallest absolute Gasteiger partial charge is 0.377 e. The molecule has 2 aliphatic carbocycles. The maximum absolute atomic E-state index is 13.2. The van der Waals surface area contributed by atoms with E-state index in [1.54, 1.807) is 0 Å². The molecular weight excluding hydrogens is 546 g/mol. The Morgan fingerprint density at radius 3 is 2.00 bits per heavy atom. The Morgan fingerprint density at radius 2 is 1.45 bits per heavy atom. The topological polar surface area (TPSA) is 20.3 Å². The molecule has 0 saturated heterocycles. The minimum Gasteiger partial charge on any atom is -0.377 e. The SMILES string of the molecule is CC1=Cc2c(-c3ccccc3)cccc2C1C[Si](=O)N(C)C1CCCCC1.C[Si](C)(C)C#C[Si](C)(C)C.[Ti]. The molecule has 1 unspecified atom stereocenters. The van der Waals surface area contributed by atoms with E-state index in [0.717, 1.165) is 6.04 Å². The minimum absolute atomic E-state index is 0. The summed E-state index contributed by atoms with van der Waals surface area (Å²) in [5.74, 6) is 0.293. The molecule has 1 saturated carbocycles. The summed E-state index contributed by atoms with van der Waals surface area (Å²) in [4.78, 5) is 0. The molecule has 0 radical (unpaired) electrons. The Morgan fingerprint density at radius 1 is 0.868 bits per heavy atom. The van der Waals surface area contributed by atoms with E-state index in [1.165, 1.54) is 59.9 Å². The predicted octanol–water partition coefficient (Wildman–Crippen LogP) is 8.78. The third-order valence-electron chi connectivity index (χ3n) is 7.23. The van der Waals surface area contributed by atoms with Crippen molar-refractivity contribution in [2.24, 2.45) is 0 Å². The number of rotatable bonds is 5. The Labute approximate surface area is 251 Å². The average molecular weight is 594 g/mol. The summed E-state index contributed by atoms with van der Waals surface area (Å²) in [6, 6.07) is 18.5. The van der Waals surface area contributed by atoms with Crippen LogP contribution in [0, 0.1) is 11.1 Å². The first-order chi connectivity index (χ1) is 17.4. The Bertz CT molecular complexity index is 1150. The van der Waals surface area contributed by atoms with Crippen molar-refractivity contribution >= 4 is 31.1 Å². The van der Waals surface area contributed by atoms with Gasteiger partial charge in [0.25, 0.3) is 0 Å². The van der Waals surface area contributed by atoms with Gasteiger partial charge < -0.3 is 9.03 Å². The zero-order chi connectivity index (χ0) is 27.2. The first kappa shape index (κ1) is 32.9. The molecule has 6 heteroatoms. The normalized spacial score (nSPS) is 17.1. The van der Waals surface area contributed by atoms with Gasteiger partial charge in [0.1, 0.15) is 16.1 Å². The molecule has 2 aromatic rings. The second-order valence-electron chi connectivity index (χ2n) is 12.9. The van der Waals surface area contributed by atoms with Crippen LogP contribution in [-0.2, 0) is 26.2 Å². The van der Waals surface area contributed by atoms with Gasteiger partial charge in [-0.3, -0.25) is 0 Å². The summed E-state index contributed by atoms with van der Waals surface area (Å²) in [7, 11) is -1.85. The van der Waals surface area contributed by atoms with Crippen molar-refractivity contribution in [3.8, 4) is 22.2 Å². The van der Waals surface area contributed by atoms with Crippen LogP contribution in [0.25, 0.3) is 17.2 Å². The van der Waals surface area contributed by atoms with Gasteiger partial charge in [0.05, 0.1) is 0 Å². The molecule has 38 heavy (non-hydrogen) atoms. The molecule has 4 rings (SSSR count). The molecule has 0 aromatic heterocycles. The molecule has 0 bridgehead atoms. The van der Waals surface area contributed by atoms with Gasteiger partial charge in [-0.05, 0) is 42.0 Å². The van der Waals surface area contributed by atoms with Gasteiger partial charge in [-0.2, -0.15) is 0 Å². The van der Waals surface area contributed by atoms with E-state index in [2.05, 4.69) is 124 Å². The van der Waals surface area contributed by atoms with Gasteiger partial charge in [-0.25, -0.2) is 0 Å². The summed E-state index contributed by atoms with van der Waals surface area (Å²) in [5.41, 5.74) is 13.4. The molecule has 2 aromatic carbocycles. The fourth-order valence-corrected chi connectivity index (χ4v) is 9.97. The van der Waals surface area contributed by atoms with Crippen molar-refractivity contribution in [2.75, 3.05) is 7.05 Å². The van der Waals surface area contributed by atoms with Gasteiger partial charge in [0.2, 0.25) is 0 Å². The van der Waals surface area contributed by atoms with Crippen molar-refractivity contribution in [2.45, 2.75) is 96.3 Å². The number of nitrogens with zero attached hydrogens (tertiary/aromatic N) is 1. The van der Waals surface area contributed by atoms with Crippen LogP contribution < -0.4 is 0 Å². The Hall–Kier alpha value is -1.30. The summed E-state index contributed by atoms with van der Waals surface area (Å²) < 4.78 is 15.4. The average Bonchev–Trinajstić information content (AvgIpc) is 3.18. The first-order valence-corrected chi connectivity index (χ1v) is 22.6. The summed E-state index contributed by atoms with van der Waals surface area (Å²) >= 11 is 0. The predicted molar refractivity (Wildman–Crippen MR) is 169 cm³/mol.